The molecule has 248 valence electrons. The molecule has 0 saturated carbocycles. The summed E-state index contributed by atoms with van der Waals surface area (Å²) in [6.45, 7) is 19.8. The molecule has 0 heterocycles. The van der Waals surface area contributed by atoms with Crippen molar-refractivity contribution in [3.05, 3.63) is 11.6 Å². The quantitative estimate of drug-likeness (QED) is 0.0680. The van der Waals surface area contributed by atoms with Crippen molar-refractivity contribution in [2.45, 2.75) is 122 Å². The van der Waals surface area contributed by atoms with Crippen molar-refractivity contribution in [1.29, 1.82) is 0 Å². The largest absolute Gasteiger partial charge is 0.512 e. The second-order valence-corrected chi connectivity index (χ2v) is 29.3. The third kappa shape index (κ3) is 12.1. The highest BCUT2D eigenvalue weighted by molar-refractivity contribution is 6.90. The van der Waals surface area contributed by atoms with Crippen LogP contribution in [0.15, 0.2) is 11.6 Å². The van der Waals surface area contributed by atoms with E-state index in [2.05, 4.69) is 4.74 Å². The predicted molar refractivity (Wildman–Crippen MR) is 149 cm³/mol. The van der Waals surface area contributed by atoms with Crippen LogP contribution in [0, 0.1) is 0 Å². The Hall–Kier alpha value is -1.13. The van der Waals surface area contributed by atoms with Crippen LogP contribution >= 0.6 is 0 Å². The van der Waals surface area contributed by atoms with Crippen molar-refractivity contribution in [2.75, 3.05) is 0 Å². The Morgan fingerprint density at radius 1 is 0.714 bits per heavy atom. The van der Waals surface area contributed by atoms with Gasteiger partial charge in [-0.1, -0.05) is 13.8 Å². The van der Waals surface area contributed by atoms with E-state index in [0.717, 1.165) is 0 Å². The number of esters is 2. The Bertz CT molecular complexity index is 910. The molecule has 0 aromatic rings. The maximum atomic E-state index is 14.0. The normalized spacial score (nSPS) is 16.7. The molecule has 0 aromatic carbocycles. The summed E-state index contributed by atoms with van der Waals surface area (Å²) in [7, 11) is -11.1. The van der Waals surface area contributed by atoms with Gasteiger partial charge in [0.1, 0.15) is 0 Å². The van der Waals surface area contributed by atoms with Gasteiger partial charge in [-0.15, -0.1) is 0 Å². The molecule has 0 radical (unpaired) electrons. The Kier molecular flexibility index (Phi) is 14.4. The smallest absolute Gasteiger partial charge is 0.455 e. The van der Waals surface area contributed by atoms with Gasteiger partial charge in [0, 0.05) is 11.6 Å². The number of rotatable bonds is 17. The van der Waals surface area contributed by atoms with Gasteiger partial charge in [0.25, 0.3) is 6.43 Å². The van der Waals surface area contributed by atoms with Crippen LogP contribution in [-0.4, -0.2) is 82.2 Å². The lowest BCUT2D eigenvalue weighted by molar-refractivity contribution is -0.313. The topological polar surface area (TPSA) is 80.3 Å². The van der Waals surface area contributed by atoms with Crippen LogP contribution in [-0.2, 0) is 31.4 Å². The lowest BCUT2D eigenvalue weighted by atomic mass is 10.1. The van der Waals surface area contributed by atoms with E-state index in [-0.39, 0.29) is 6.42 Å². The molecule has 3 atom stereocenters. The zero-order valence-electron chi connectivity index (χ0n) is 25.7. The lowest BCUT2D eigenvalue weighted by Gasteiger charge is -2.45. The Morgan fingerprint density at radius 2 is 1.12 bits per heavy atom. The van der Waals surface area contributed by atoms with Gasteiger partial charge in [-0.2, -0.15) is 22.0 Å². The van der Waals surface area contributed by atoms with Gasteiger partial charge in [-0.3, -0.25) is 0 Å². The van der Waals surface area contributed by atoms with Gasteiger partial charge in [0.05, 0.1) is 0 Å². The number of hydrogen-bond acceptors (Lipinski definition) is 7. The molecule has 0 bridgehead atoms. The molecule has 0 aliphatic carbocycles. The second-order valence-electron chi connectivity index (χ2n) is 12.3. The first kappa shape index (κ1) is 40.9. The number of carbonyl (C=O) groups excluding carboxylic acids is 2. The fourth-order valence-electron chi connectivity index (χ4n) is 3.30. The van der Waals surface area contributed by atoms with Crippen molar-refractivity contribution in [3.63, 3.8) is 0 Å². The molecule has 0 fully saturated rings. The fraction of sp³-hybridized carbons (Fsp3) is 0.826. The average Bonchev–Trinajstić information content (AvgIpc) is 2.76. The van der Waals surface area contributed by atoms with Crippen LogP contribution in [0.4, 0.5) is 35.1 Å². The van der Waals surface area contributed by atoms with Crippen LogP contribution in [0.25, 0.3) is 0 Å². The zero-order valence-corrected chi connectivity index (χ0v) is 29.7. The summed E-state index contributed by atoms with van der Waals surface area (Å²) in [5.74, 6) is -15.6. The summed E-state index contributed by atoms with van der Waals surface area (Å²) in [5.41, 5.74) is -1.87. The van der Waals surface area contributed by atoms with Crippen molar-refractivity contribution in [3.8, 4) is 0 Å². The van der Waals surface area contributed by atoms with E-state index in [1.54, 1.807) is 6.92 Å². The minimum atomic E-state index is -6.22. The SMILES string of the molecule is CCC(=CC(=O)OC(CC)[Si](O[Si](C)(C)C)(O[Si](C)(C)C)O[Si](C)(C)C)C(=O)OC(F)C(F)(F)C(F)(F)C(F)C(F)F. The van der Waals surface area contributed by atoms with Crippen LogP contribution < -0.4 is 0 Å². The molecule has 0 aliphatic rings. The summed E-state index contributed by atoms with van der Waals surface area (Å²) in [4.78, 5) is 25.2. The van der Waals surface area contributed by atoms with E-state index in [9.17, 15) is 44.7 Å². The number of halogens is 8. The third-order valence-electron chi connectivity index (χ3n) is 4.81. The molecule has 3 unspecified atom stereocenters. The van der Waals surface area contributed by atoms with Crippen LogP contribution in [0.3, 0.4) is 0 Å². The highest BCUT2D eigenvalue weighted by atomic mass is 28.5. The van der Waals surface area contributed by atoms with E-state index in [0.29, 0.717) is 6.08 Å². The molecule has 0 rings (SSSR count). The van der Waals surface area contributed by atoms with E-state index in [4.69, 9.17) is 17.1 Å². The summed E-state index contributed by atoms with van der Waals surface area (Å²) < 4.78 is 135. The summed E-state index contributed by atoms with van der Waals surface area (Å²) >= 11 is 0. The van der Waals surface area contributed by atoms with Gasteiger partial charge in [-0.05, 0) is 71.8 Å². The van der Waals surface area contributed by atoms with E-state index < -0.39 is 94.2 Å². The van der Waals surface area contributed by atoms with Crippen molar-refractivity contribution >= 4 is 45.7 Å². The van der Waals surface area contributed by atoms with Gasteiger partial charge in [-0.25, -0.2) is 22.8 Å². The van der Waals surface area contributed by atoms with Crippen LogP contribution in [0.5, 0.6) is 0 Å². The number of hydrogen-bond donors (Lipinski definition) is 0. The van der Waals surface area contributed by atoms with Gasteiger partial charge in [0.15, 0.2) is 30.7 Å². The molecule has 0 N–H and O–H groups in total. The Balaban J connectivity index is 6.32. The first-order valence-electron chi connectivity index (χ1n) is 13.1. The molecule has 0 saturated heterocycles. The zero-order chi connectivity index (χ0) is 33.7. The number of ether oxygens (including phenoxy) is 2. The number of carbonyl (C=O) groups is 2. The molecule has 0 aliphatic heterocycles. The van der Waals surface area contributed by atoms with E-state index >= 15 is 0 Å². The fourth-order valence-corrected chi connectivity index (χ4v) is 17.5. The third-order valence-corrected chi connectivity index (χ3v) is 16.9. The Labute approximate surface area is 246 Å². The summed E-state index contributed by atoms with van der Waals surface area (Å²) in [6, 6.07) is 0. The molecule has 0 spiro atoms. The molecular formula is C23H42F8O7Si4. The summed E-state index contributed by atoms with van der Waals surface area (Å²) in [5, 5.41) is 0. The molecule has 42 heavy (non-hydrogen) atoms. The maximum absolute atomic E-state index is 14.0. The molecule has 19 heteroatoms. The Morgan fingerprint density at radius 3 is 1.43 bits per heavy atom. The highest BCUT2D eigenvalue weighted by Gasteiger charge is 2.70. The first-order valence-corrected chi connectivity index (χ1v) is 25.1. The lowest BCUT2D eigenvalue weighted by Crippen LogP contribution is -2.67. The second kappa shape index (κ2) is 14.8. The minimum Gasteiger partial charge on any atom is -0.455 e. The molecule has 0 aromatic heterocycles. The highest BCUT2D eigenvalue weighted by Crippen LogP contribution is 2.44. The maximum Gasteiger partial charge on any atom is 0.512 e. The minimum absolute atomic E-state index is 0.138. The standard InChI is InChI=1S/C23H42F8O7Si4/c1-12-15(20(33)35-21(27)23(30,31)22(28,29)18(24)19(25)26)14-16(32)34-17(13-2)42(36-39(3,4)5,37-40(6,7)8)38-41(9,10)11/h14,17-19,21H,12-13H2,1-11H3. The van der Waals surface area contributed by atoms with Gasteiger partial charge < -0.3 is 21.8 Å². The summed E-state index contributed by atoms with van der Waals surface area (Å²) in [6.07, 6.45) is -13.7. The molecule has 0 amide bonds. The van der Waals surface area contributed by atoms with Gasteiger partial charge >= 0.3 is 38.9 Å². The predicted octanol–water partition coefficient (Wildman–Crippen LogP) is 7.39. The van der Waals surface area contributed by atoms with Gasteiger partial charge in [0.2, 0.25) is 6.17 Å². The number of alkyl halides is 8. The molecule has 7 nitrogen and oxygen atoms in total. The van der Waals surface area contributed by atoms with Crippen molar-refractivity contribution in [1.82, 2.24) is 0 Å². The van der Waals surface area contributed by atoms with E-state index in [1.165, 1.54) is 6.92 Å². The average molecular weight is 695 g/mol. The van der Waals surface area contributed by atoms with E-state index in [1.807, 2.05) is 58.9 Å². The van der Waals surface area contributed by atoms with Crippen molar-refractivity contribution < 1.29 is 66.5 Å². The van der Waals surface area contributed by atoms with Crippen molar-refractivity contribution in [2.24, 2.45) is 0 Å². The first-order chi connectivity index (χ1) is 18.5. The molecular weight excluding hydrogens is 653 g/mol. The van der Waals surface area contributed by atoms with Crippen LogP contribution in [0.2, 0.25) is 58.9 Å². The van der Waals surface area contributed by atoms with Crippen LogP contribution in [0.1, 0.15) is 26.7 Å². The monoisotopic (exact) mass is 694 g/mol.